The molecule has 0 fully saturated rings. The first kappa shape index (κ1) is 7.54. The van der Waals surface area contributed by atoms with Gasteiger partial charge in [-0.15, -0.1) is 0 Å². The Hall–Kier alpha value is -1.10. The Bertz CT molecular complexity index is 331. The number of hydrogen-bond donors (Lipinski definition) is 2. The van der Waals surface area contributed by atoms with E-state index in [4.69, 9.17) is 10.9 Å². The minimum Gasteiger partial charge on any atom is -0.411 e. The zero-order valence-corrected chi connectivity index (χ0v) is 7.27. The molecule has 1 aliphatic carbocycles. The maximum atomic E-state index is 8.67. The molecule has 0 atom stereocenters. The summed E-state index contributed by atoms with van der Waals surface area (Å²) < 4.78 is 0. The van der Waals surface area contributed by atoms with Gasteiger partial charge in [0.1, 0.15) is 0 Å². The number of aromatic nitrogens is 1. The van der Waals surface area contributed by atoms with E-state index in [1.54, 1.807) is 0 Å². The van der Waals surface area contributed by atoms with Gasteiger partial charge in [0.05, 0.1) is 16.3 Å². The number of rotatable bonds is 0. The van der Waals surface area contributed by atoms with Crippen LogP contribution in [0.1, 0.15) is 23.4 Å². The van der Waals surface area contributed by atoms with Gasteiger partial charge in [0, 0.05) is 0 Å². The quantitative estimate of drug-likeness (QED) is 0.469. The molecule has 0 saturated carbocycles. The van der Waals surface area contributed by atoms with E-state index >= 15 is 0 Å². The molecule has 0 radical (unpaired) electrons. The monoisotopic (exact) mass is 183 g/mol. The molecular weight excluding hydrogens is 174 g/mol. The molecule has 0 bridgehead atoms. The number of fused-ring (bicyclic) bond motifs is 1. The standard InChI is InChI=1S/C7H9N3OS/c8-7-9-4-2-1-3-5(10-11)6(4)12-7/h11H,1-3H2,(H2,8,9)/b10-5-. The highest BCUT2D eigenvalue weighted by Crippen LogP contribution is 2.28. The summed E-state index contributed by atoms with van der Waals surface area (Å²) >= 11 is 1.40. The molecule has 0 spiro atoms. The van der Waals surface area contributed by atoms with E-state index in [1.165, 1.54) is 11.3 Å². The van der Waals surface area contributed by atoms with E-state index in [0.29, 0.717) is 5.13 Å². The van der Waals surface area contributed by atoms with Crippen molar-refractivity contribution in [1.29, 1.82) is 0 Å². The van der Waals surface area contributed by atoms with Crippen molar-refractivity contribution in [1.82, 2.24) is 4.98 Å². The van der Waals surface area contributed by atoms with Crippen LogP contribution in [0.2, 0.25) is 0 Å². The number of hydrogen-bond acceptors (Lipinski definition) is 5. The third-order valence-corrected chi connectivity index (χ3v) is 2.90. The fourth-order valence-corrected chi connectivity index (χ4v) is 2.29. The van der Waals surface area contributed by atoms with Crippen molar-refractivity contribution in [2.75, 3.05) is 5.73 Å². The highest BCUT2D eigenvalue weighted by atomic mass is 32.1. The van der Waals surface area contributed by atoms with Crippen LogP contribution in [0.4, 0.5) is 5.13 Å². The number of oxime groups is 1. The molecule has 0 unspecified atom stereocenters. The predicted octanol–water partition coefficient (Wildman–Crippen LogP) is 1.24. The van der Waals surface area contributed by atoms with E-state index in [2.05, 4.69) is 10.1 Å². The average Bonchev–Trinajstić information content (AvgIpc) is 2.44. The fraction of sp³-hybridized carbons (Fsp3) is 0.429. The first-order valence-electron chi connectivity index (χ1n) is 3.77. The molecule has 1 aliphatic rings. The van der Waals surface area contributed by atoms with Crippen LogP contribution in [0.3, 0.4) is 0 Å². The zero-order chi connectivity index (χ0) is 8.55. The lowest BCUT2D eigenvalue weighted by atomic mass is 10.0. The van der Waals surface area contributed by atoms with E-state index < -0.39 is 0 Å². The lowest BCUT2D eigenvalue weighted by Crippen LogP contribution is -2.09. The number of nitrogen functional groups attached to an aromatic ring is 1. The molecule has 3 N–H and O–H groups in total. The third-order valence-electron chi connectivity index (χ3n) is 1.92. The molecule has 1 heterocycles. The van der Waals surface area contributed by atoms with Crippen LogP contribution < -0.4 is 5.73 Å². The first-order chi connectivity index (χ1) is 5.81. The molecule has 0 amide bonds. The van der Waals surface area contributed by atoms with Gasteiger partial charge in [0.25, 0.3) is 0 Å². The summed E-state index contributed by atoms with van der Waals surface area (Å²) in [5, 5.41) is 12.5. The van der Waals surface area contributed by atoms with Gasteiger partial charge in [0.15, 0.2) is 5.13 Å². The van der Waals surface area contributed by atoms with Crippen molar-refractivity contribution < 1.29 is 5.21 Å². The first-order valence-corrected chi connectivity index (χ1v) is 4.59. The zero-order valence-electron chi connectivity index (χ0n) is 6.45. The lowest BCUT2D eigenvalue weighted by molar-refractivity contribution is 0.317. The van der Waals surface area contributed by atoms with Crippen LogP contribution in [0.15, 0.2) is 5.16 Å². The number of nitrogens with zero attached hydrogens (tertiary/aromatic N) is 2. The highest BCUT2D eigenvalue weighted by molar-refractivity contribution is 7.17. The minimum absolute atomic E-state index is 0.558. The van der Waals surface area contributed by atoms with Crippen LogP contribution in [0.5, 0.6) is 0 Å². The molecule has 5 heteroatoms. The summed E-state index contributed by atoms with van der Waals surface area (Å²) in [4.78, 5) is 5.11. The van der Waals surface area contributed by atoms with Crippen molar-refractivity contribution in [3.05, 3.63) is 10.6 Å². The van der Waals surface area contributed by atoms with Crippen molar-refractivity contribution in [2.45, 2.75) is 19.3 Å². The Labute approximate surface area is 73.7 Å². The van der Waals surface area contributed by atoms with Crippen LogP contribution >= 0.6 is 11.3 Å². The second kappa shape index (κ2) is 2.75. The van der Waals surface area contributed by atoms with Gasteiger partial charge in [-0.25, -0.2) is 4.98 Å². The van der Waals surface area contributed by atoms with Crippen LogP contribution in [0.25, 0.3) is 0 Å². The minimum atomic E-state index is 0.558. The Kier molecular flexibility index (Phi) is 1.73. The van der Waals surface area contributed by atoms with E-state index in [1.807, 2.05) is 0 Å². The van der Waals surface area contributed by atoms with Crippen LogP contribution in [-0.2, 0) is 6.42 Å². The van der Waals surface area contributed by atoms with Crippen molar-refractivity contribution in [3.63, 3.8) is 0 Å². The number of aryl methyl sites for hydroxylation is 1. The maximum absolute atomic E-state index is 8.67. The summed E-state index contributed by atoms with van der Waals surface area (Å²) in [7, 11) is 0. The molecule has 1 aromatic heterocycles. The van der Waals surface area contributed by atoms with Crippen molar-refractivity contribution in [2.24, 2.45) is 5.16 Å². The van der Waals surface area contributed by atoms with Gasteiger partial charge in [-0.3, -0.25) is 0 Å². The smallest absolute Gasteiger partial charge is 0.180 e. The summed E-state index contributed by atoms with van der Waals surface area (Å²) in [6, 6.07) is 0. The molecule has 2 rings (SSSR count). The van der Waals surface area contributed by atoms with Crippen LogP contribution in [-0.4, -0.2) is 15.9 Å². The summed E-state index contributed by atoms with van der Waals surface area (Å²) in [5.41, 5.74) is 7.26. The lowest BCUT2D eigenvalue weighted by Gasteiger charge is -2.09. The van der Waals surface area contributed by atoms with Gasteiger partial charge in [-0.05, 0) is 19.3 Å². The Morgan fingerprint density at radius 2 is 2.33 bits per heavy atom. The van der Waals surface area contributed by atoms with Gasteiger partial charge < -0.3 is 10.9 Å². The third kappa shape index (κ3) is 1.06. The summed E-state index contributed by atoms with van der Waals surface area (Å²) in [6.07, 6.45) is 2.77. The van der Waals surface area contributed by atoms with Crippen molar-refractivity contribution in [3.8, 4) is 0 Å². The average molecular weight is 183 g/mol. The topological polar surface area (TPSA) is 71.5 Å². The van der Waals surface area contributed by atoms with E-state index in [9.17, 15) is 0 Å². The molecule has 12 heavy (non-hydrogen) atoms. The largest absolute Gasteiger partial charge is 0.411 e. The van der Waals surface area contributed by atoms with Crippen LogP contribution in [0, 0.1) is 0 Å². The maximum Gasteiger partial charge on any atom is 0.180 e. The number of nitrogens with two attached hydrogens (primary N) is 1. The second-order valence-corrected chi connectivity index (χ2v) is 3.76. The van der Waals surface area contributed by atoms with Gasteiger partial charge in [0.2, 0.25) is 0 Å². The normalized spacial score (nSPS) is 19.5. The van der Waals surface area contributed by atoms with E-state index in [-0.39, 0.29) is 0 Å². The molecule has 0 aromatic carbocycles. The number of anilines is 1. The Balaban J connectivity index is 2.50. The molecule has 4 nitrogen and oxygen atoms in total. The Morgan fingerprint density at radius 1 is 1.50 bits per heavy atom. The van der Waals surface area contributed by atoms with Gasteiger partial charge >= 0.3 is 0 Å². The predicted molar refractivity (Wildman–Crippen MR) is 47.8 cm³/mol. The van der Waals surface area contributed by atoms with Gasteiger partial charge in [-0.2, -0.15) is 0 Å². The van der Waals surface area contributed by atoms with E-state index in [0.717, 1.165) is 35.5 Å². The Morgan fingerprint density at radius 3 is 3.08 bits per heavy atom. The molecular formula is C7H9N3OS. The fourth-order valence-electron chi connectivity index (χ4n) is 1.40. The SMILES string of the molecule is Nc1nc2c(s1)/C(=N\O)CCC2. The van der Waals surface area contributed by atoms with Gasteiger partial charge in [-0.1, -0.05) is 16.5 Å². The second-order valence-electron chi connectivity index (χ2n) is 2.73. The number of thiazole rings is 1. The summed E-state index contributed by atoms with van der Waals surface area (Å²) in [6.45, 7) is 0. The molecule has 64 valence electrons. The van der Waals surface area contributed by atoms with Crippen molar-refractivity contribution >= 4 is 22.2 Å². The highest BCUT2D eigenvalue weighted by Gasteiger charge is 2.20. The molecule has 1 aromatic rings. The molecule has 0 saturated heterocycles. The molecule has 0 aliphatic heterocycles. The summed E-state index contributed by atoms with van der Waals surface area (Å²) in [5.74, 6) is 0.